The second kappa shape index (κ2) is 6.24. The van der Waals surface area contributed by atoms with Crippen LogP contribution in [0.25, 0.3) is 0 Å². The maximum absolute atomic E-state index is 13.1. The molecule has 20 heavy (non-hydrogen) atoms. The lowest BCUT2D eigenvalue weighted by molar-refractivity contribution is -0.384. The molecule has 0 saturated heterocycles. The van der Waals surface area contributed by atoms with E-state index in [0.717, 1.165) is 12.1 Å². The molecule has 1 amide bonds. The molecule has 0 fully saturated rings. The number of anilines is 1. The number of alkyl halides is 2. The molecule has 0 unspecified atom stereocenters. The summed E-state index contributed by atoms with van der Waals surface area (Å²) in [6, 6.07) is 3.46. The maximum Gasteiger partial charge on any atom is 0.292 e. The smallest absolute Gasteiger partial charge is 0.292 e. The Bertz CT molecular complexity index is 522. The van der Waals surface area contributed by atoms with Gasteiger partial charge < -0.3 is 16.4 Å². The number of nitro benzene ring substituents is 1. The number of halogens is 2. The zero-order chi connectivity index (χ0) is 15.3. The van der Waals surface area contributed by atoms with Crippen molar-refractivity contribution in [3.8, 4) is 0 Å². The molecule has 1 aromatic rings. The second-order valence-electron chi connectivity index (χ2n) is 3.98. The van der Waals surface area contributed by atoms with Gasteiger partial charge in [0.1, 0.15) is 5.69 Å². The topological polar surface area (TPSA) is 110 Å². The normalized spacial score (nSPS) is 11.0. The highest BCUT2D eigenvalue weighted by molar-refractivity contribution is 5.95. The van der Waals surface area contributed by atoms with Gasteiger partial charge in [-0.3, -0.25) is 14.9 Å². The molecule has 0 heterocycles. The molecule has 0 saturated carbocycles. The molecule has 0 bridgehead atoms. The largest absolute Gasteiger partial charge is 0.373 e. The van der Waals surface area contributed by atoms with E-state index in [1.165, 1.54) is 13.1 Å². The van der Waals surface area contributed by atoms with Crippen LogP contribution in [0.4, 0.5) is 20.2 Å². The summed E-state index contributed by atoms with van der Waals surface area (Å²) in [6.07, 6.45) is 0. The molecule has 0 aliphatic heterocycles. The third kappa shape index (κ3) is 3.85. The van der Waals surface area contributed by atoms with E-state index in [0.29, 0.717) is 0 Å². The molecule has 0 spiro atoms. The predicted octanol–water partition coefficient (Wildman–Crippen LogP) is 0.960. The van der Waals surface area contributed by atoms with Crippen molar-refractivity contribution in [1.29, 1.82) is 0 Å². The lowest BCUT2D eigenvalue weighted by Gasteiger charge is -2.15. The Morgan fingerprint density at radius 2 is 2.15 bits per heavy atom. The highest BCUT2D eigenvalue weighted by Gasteiger charge is 2.27. The summed E-state index contributed by atoms with van der Waals surface area (Å²) in [6.45, 7) is -1.75. The van der Waals surface area contributed by atoms with Crippen molar-refractivity contribution >= 4 is 17.3 Å². The Morgan fingerprint density at radius 3 is 2.65 bits per heavy atom. The van der Waals surface area contributed by atoms with Gasteiger partial charge in [0.15, 0.2) is 0 Å². The van der Waals surface area contributed by atoms with Crippen molar-refractivity contribution in [2.24, 2.45) is 5.73 Å². The minimum absolute atomic E-state index is 0.122. The van der Waals surface area contributed by atoms with Crippen LogP contribution in [0.3, 0.4) is 0 Å². The number of nitrogens with two attached hydrogens (primary N) is 1. The molecule has 0 aliphatic carbocycles. The van der Waals surface area contributed by atoms with Gasteiger partial charge in [0.05, 0.1) is 18.0 Å². The van der Waals surface area contributed by atoms with E-state index in [9.17, 15) is 23.7 Å². The van der Waals surface area contributed by atoms with Gasteiger partial charge in [-0.2, -0.15) is 0 Å². The second-order valence-corrected chi connectivity index (χ2v) is 3.98. The van der Waals surface area contributed by atoms with Crippen molar-refractivity contribution in [3.05, 3.63) is 33.9 Å². The van der Waals surface area contributed by atoms with Gasteiger partial charge in [0.25, 0.3) is 17.5 Å². The Labute approximate surface area is 113 Å². The number of nitrogens with zero attached hydrogens (tertiary/aromatic N) is 1. The standard InChI is InChI=1S/C11H14F2N4O3/c1-15-10(18)7-2-3-9(17(19)20)8(4-7)16-6-11(12,13)5-14/h2-4,16H,5-6,14H2,1H3,(H,15,18). The van der Waals surface area contributed by atoms with Crippen LogP contribution < -0.4 is 16.4 Å². The number of benzene rings is 1. The summed E-state index contributed by atoms with van der Waals surface area (Å²) in [5, 5.41) is 15.4. The first-order valence-corrected chi connectivity index (χ1v) is 5.63. The number of nitro groups is 1. The predicted molar refractivity (Wildman–Crippen MR) is 69.0 cm³/mol. The van der Waals surface area contributed by atoms with E-state index in [1.54, 1.807) is 0 Å². The van der Waals surface area contributed by atoms with Crippen LogP contribution in [0.2, 0.25) is 0 Å². The summed E-state index contributed by atoms with van der Waals surface area (Å²) in [5.41, 5.74) is 4.44. The van der Waals surface area contributed by atoms with Gasteiger partial charge in [-0.25, -0.2) is 8.78 Å². The van der Waals surface area contributed by atoms with E-state index in [-0.39, 0.29) is 11.3 Å². The first-order valence-electron chi connectivity index (χ1n) is 5.63. The van der Waals surface area contributed by atoms with Crippen molar-refractivity contribution in [3.63, 3.8) is 0 Å². The fraction of sp³-hybridized carbons (Fsp3) is 0.364. The van der Waals surface area contributed by atoms with Gasteiger partial charge in [0.2, 0.25) is 0 Å². The lowest BCUT2D eigenvalue weighted by atomic mass is 10.1. The summed E-state index contributed by atoms with van der Waals surface area (Å²) < 4.78 is 26.1. The molecule has 4 N–H and O–H groups in total. The van der Waals surface area contributed by atoms with Crippen LogP contribution in [0.15, 0.2) is 18.2 Å². The van der Waals surface area contributed by atoms with Crippen LogP contribution in [0, 0.1) is 10.1 Å². The number of carbonyl (C=O) groups is 1. The molecule has 0 aromatic heterocycles. The van der Waals surface area contributed by atoms with Crippen LogP contribution in [0.5, 0.6) is 0 Å². The van der Waals surface area contributed by atoms with E-state index in [2.05, 4.69) is 10.6 Å². The average molecular weight is 288 g/mol. The number of hydrogen-bond donors (Lipinski definition) is 3. The summed E-state index contributed by atoms with van der Waals surface area (Å²) in [7, 11) is 1.39. The summed E-state index contributed by atoms with van der Waals surface area (Å²) in [4.78, 5) is 21.5. The van der Waals surface area contributed by atoms with E-state index >= 15 is 0 Å². The summed E-state index contributed by atoms with van der Waals surface area (Å²) in [5.74, 6) is -3.68. The minimum Gasteiger partial charge on any atom is -0.373 e. The van der Waals surface area contributed by atoms with Crippen molar-refractivity contribution in [1.82, 2.24) is 5.32 Å². The van der Waals surface area contributed by atoms with Crippen LogP contribution in [-0.2, 0) is 0 Å². The summed E-state index contributed by atoms with van der Waals surface area (Å²) >= 11 is 0. The van der Waals surface area contributed by atoms with E-state index in [4.69, 9.17) is 5.73 Å². The highest BCUT2D eigenvalue weighted by Crippen LogP contribution is 2.26. The molecule has 7 nitrogen and oxygen atoms in total. The Balaban J connectivity index is 3.06. The Morgan fingerprint density at radius 1 is 1.50 bits per heavy atom. The first kappa shape index (κ1) is 15.8. The van der Waals surface area contributed by atoms with Gasteiger partial charge in [0, 0.05) is 18.7 Å². The lowest BCUT2D eigenvalue weighted by Crippen LogP contribution is -2.35. The third-order valence-electron chi connectivity index (χ3n) is 2.52. The molecule has 0 atom stereocenters. The highest BCUT2D eigenvalue weighted by atomic mass is 19.3. The Kier molecular flexibility index (Phi) is 4.92. The number of carbonyl (C=O) groups excluding carboxylic acids is 1. The van der Waals surface area contributed by atoms with Crippen LogP contribution in [0.1, 0.15) is 10.4 Å². The van der Waals surface area contributed by atoms with Crippen LogP contribution >= 0.6 is 0 Å². The van der Waals surface area contributed by atoms with Gasteiger partial charge in [-0.1, -0.05) is 0 Å². The molecule has 1 rings (SSSR count). The van der Waals surface area contributed by atoms with Gasteiger partial charge in [-0.05, 0) is 12.1 Å². The first-order chi connectivity index (χ1) is 9.30. The zero-order valence-corrected chi connectivity index (χ0v) is 10.7. The molecule has 9 heteroatoms. The fourth-order valence-corrected chi connectivity index (χ4v) is 1.42. The van der Waals surface area contributed by atoms with Crippen LogP contribution in [-0.4, -0.2) is 36.9 Å². The minimum atomic E-state index is -3.20. The molecule has 0 aliphatic rings. The van der Waals surface area contributed by atoms with E-state index < -0.39 is 35.5 Å². The fourth-order valence-electron chi connectivity index (χ4n) is 1.42. The number of hydrogen-bond acceptors (Lipinski definition) is 5. The molecule has 0 radical (unpaired) electrons. The van der Waals surface area contributed by atoms with E-state index in [1.807, 2.05) is 0 Å². The Hall–Kier alpha value is -2.29. The van der Waals surface area contributed by atoms with Crippen molar-refractivity contribution in [2.45, 2.75) is 5.92 Å². The molecule has 1 aromatic carbocycles. The van der Waals surface area contributed by atoms with Gasteiger partial charge >= 0.3 is 0 Å². The number of nitrogens with one attached hydrogen (secondary N) is 2. The molecular weight excluding hydrogens is 274 g/mol. The maximum atomic E-state index is 13.1. The van der Waals surface area contributed by atoms with Crippen molar-refractivity contribution in [2.75, 3.05) is 25.5 Å². The molecule has 110 valence electrons. The number of amides is 1. The number of rotatable bonds is 6. The quantitative estimate of drug-likeness (QED) is 0.533. The SMILES string of the molecule is CNC(=O)c1ccc([N+](=O)[O-])c(NCC(F)(F)CN)c1. The third-order valence-corrected chi connectivity index (χ3v) is 2.52. The zero-order valence-electron chi connectivity index (χ0n) is 10.7. The monoisotopic (exact) mass is 288 g/mol. The van der Waals surface area contributed by atoms with Gasteiger partial charge in [-0.15, -0.1) is 0 Å². The van der Waals surface area contributed by atoms with Crippen molar-refractivity contribution < 1.29 is 18.5 Å². The average Bonchev–Trinajstić information content (AvgIpc) is 2.43. The molecular formula is C11H14F2N4O3.